The molecule has 0 atom stereocenters. The maximum Gasteiger partial charge on any atom is 0.337 e. The van der Waals surface area contributed by atoms with E-state index in [2.05, 4.69) is 18.6 Å². The number of aryl methyl sites for hydroxylation is 1. The monoisotopic (exact) mass is 223 g/mol. The number of rotatable bonds is 2. The highest BCUT2D eigenvalue weighted by Gasteiger charge is 2.01. The van der Waals surface area contributed by atoms with Crippen molar-refractivity contribution < 1.29 is 9.53 Å². The Morgan fingerprint density at radius 2 is 1.75 bits per heavy atom. The second kappa shape index (κ2) is 7.88. The number of benzene rings is 1. The molecule has 16 heavy (non-hydrogen) atoms. The Kier molecular flexibility index (Phi) is 7.21. The van der Waals surface area contributed by atoms with Gasteiger partial charge in [-0.15, -0.1) is 0 Å². The summed E-state index contributed by atoms with van der Waals surface area (Å²) in [5, 5.41) is 0. The van der Waals surface area contributed by atoms with E-state index in [1.807, 2.05) is 19.1 Å². The lowest BCUT2D eigenvalue weighted by Crippen LogP contribution is -2.05. The maximum atomic E-state index is 10.9. The summed E-state index contributed by atoms with van der Waals surface area (Å²) >= 11 is 0. The van der Waals surface area contributed by atoms with E-state index in [4.69, 9.17) is 5.73 Å². The van der Waals surface area contributed by atoms with Gasteiger partial charge < -0.3 is 10.5 Å². The lowest BCUT2D eigenvalue weighted by Gasteiger charge is -1.97. The van der Waals surface area contributed by atoms with Crippen LogP contribution in [0.2, 0.25) is 0 Å². The normalized spacial score (nSPS) is 9.38. The van der Waals surface area contributed by atoms with Gasteiger partial charge in [0.15, 0.2) is 0 Å². The molecule has 90 valence electrons. The first-order valence-corrected chi connectivity index (χ1v) is 5.36. The Morgan fingerprint density at radius 1 is 1.31 bits per heavy atom. The van der Waals surface area contributed by atoms with E-state index in [1.165, 1.54) is 7.11 Å². The van der Waals surface area contributed by atoms with Gasteiger partial charge in [0.25, 0.3) is 0 Å². The van der Waals surface area contributed by atoms with Crippen LogP contribution in [0.1, 0.15) is 29.8 Å². The van der Waals surface area contributed by atoms with Crippen LogP contribution in [-0.4, -0.2) is 19.6 Å². The molecule has 2 N–H and O–H groups in total. The third-order valence-corrected chi connectivity index (χ3v) is 1.94. The molecular formula is C13H21NO2. The predicted molar refractivity (Wildman–Crippen MR) is 66.4 cm³/mol. The van der Waals surface area contributed by atoms with Crippen LogP contribution in [0.4, 0.5) is 0 Å². The summed E-state index contributed by atoms with van der Waals surface area (Å²) < 4.78 is 4.54. The molecule has 0 spiro atoms. The van der Waals surface area contributed by atoms with Gasteiger partial charge in [-0.3, -0.25) is 0 Å². The highest BCUT2D eigenvalue weighted by atomic mass is 16.5. The number of nitrogens with two attached hydrogens (primary N) is 1. The van der Waals surface area contributed by atoms with Crippen LogP contribution in [0.5, 0.6) is 0 Å². The third-order valence-electron chi connectivity index (χ3n) is 1.94. The summed E-state index contributed by atoms with van der Waals surface area (Å²) in [4.78, 5) is 10.9. The molecule has 0 aliphatic carbocycles. The molecule has 3 nitrogen and oxygen atoms in total. The first-order valence-electron chi connectivity index (χ1n) is 5.36. The van der Waals surface area contributed by atoms with Crippen molar-refractivity contribution in [2.75, 3.05) is 13.7 Å². The van der Waals surface area contributed by atoms with Crippen LogP contribution >= 0.6 is 0 Å². The fourth-order valence-electron chi connectivity index (χ4n) is 0.807. The standard InChI is InChI=1S/C9H10O2.C4H11N/c1-7-3-5-8(6-4-7)9(10)11-2;1-4(2)3-5/h3-6H,1-2H3;4H,3,5H2,1-2H3. The second-order valence-corrected chi connectivity index (χ2v) is 3.99. The quantitative estimate of drug-likeness (QED) is 0.783. The molecule has 0 aliphatic heterocycles. The Balaban J connectivity index is 0.000000385. The third kappa shape index (κ3) is 6.19. The SMILES string of the molecule is CC(C)CN.COC(=O)c1ccc(C)cc1. The highest BCUT2D eigenvalue weighted by Crippen LogP contribution is 2.03. The van der Waals surface area contributed by atoms with Crippen molar-refractivity contribution in [3.8, 4) is 0 Å². The molecule has 0 aliphatic rings. The van der Waals surface area contributed by atoms with E-state index >= 15 is 0 Å². The minimum Gasteiger partial charge on any atom is -0.465 e. The van der Waals surface area contributed by atoms with Gasteiger partial charge in [-0.1, -0.05) is 31.5 Å². The van der Waals surface area contributed by atoms with Crippen molar-refractivity contribution in [1.82, 2.24) is 0 Å². The van der Waals surface area contributed by atoms with Gasteiger partial charge in [-0.05, 0) is 31.5 Å². The Bertz CT molecular complexity index is 304. The van der Waals surface area contributed by atoms with Crippen molar-refractivity contribution in [3.05, 3.63) is 35.4 Å². The minimum absolute atomic E-state index is 0.287. The largest absolute Gasteiger partial charge is 0.465 e. The molecule has 3 heteroatoms. The Morgan fingerprint density at radius 3 is 2.06 bits per heavy atom. The van der Waals surface area contributed by atoms with Crippen LogP contribution in [0.15, 0.2) is 24.3 Å². The van der Waals surface area contributed by atoms with E-state index in [9.17, 15) is 4.79 Å². The summed E-state index contributed by atoms with van der Waals surface area (Å²) in [5.41, 5.74) is 6.90. The van der Waals surface area contributed by atoms with Crippen LogP contribution in [-0.2, 0) is 4.74 Å². The molecule has 1 aromatic carbocycles. The van der Waals surface area contributed by atoms with Gasteiger partial charge >= 0.3 is 5.97 Å². The smallest absolute Gasteiger partial charge is 0.337 e. The Hall–Kier alpha value is -1.35. The van der Waals surface area contributed by atoms with Crippen molar-refractivity contribution >= 4 is 5.97 Å². The molecule has 0 saturated heterocycles. The van der Waals surface area contributed by atoms with Crippen molar-refractivity contribution in [1.29, 1.82) is 0 Å². The summed E-state index contributed by atoms with van der Waals surface area (Å²) in [6.45, 7) is 6.97. The molecule has 0 amide bonds. The topological polar surface area (TPSA) is 52.3 Å². The van der Waals surface area contributed by atoms with Crippen LogP contribution in [0.3, 0.4) is 0 Å². The molecule has 0 fully saturated rings. The number of esters is 1. The lowest BCUT2D eigenvalue weighted by atomic mass is 10.2. The fraction of sp³-hybridized carbons (Fsp3) is 0.462. The van der Waals surface area contributed by atoms with Gasteiger partial charge in [0.1, 0.15) is 0 Å². The van der Waals surface area contributed by atoms with Gasteiger partial charge in [-0.2, -0.15) is 0 Å². The zero-order chi connectivity index (χ0) is 12.6. The molecule has 1 rings (SSSR count). The first kappa shape index (κ1) is 14.6. The van der Waals surface area contributed by atoms with Gasteiger partial charge in [0.2, 0.25) is 0 Å². The van der Waals surface area contributed by atoms with Crippen molar-refractivity contribution in [2.45, 2.75) is 20.8 Å². The number of carbonyl (C=O) groups excluding carboxylic acids is 1. The number of hydrogen-bond donors (Lipinski definition) is 1. The minimum atomic E-state index is -0.287. The summed E-state index contributed by atoms with van der Waals surface area (Å²) in [7, 11) is 1.38. The molecular weight excluding hydrogens is 202 g/mol. The molecule has 0 saturated carbocycles. The van der Waals surface area contributed by atoms with E-state index < -0.39 is 0 Å². The molecule has 0 aromatic heterocycles. The van der Waals surface area contributed by atoms with Crippen molar-refractivity contribution in [2.24, 2.45) is 11.7 Å². The average molecular weight is 223 g/mol. The number of carbonyl (C=O) groups is 1. The molecule has 0 radical (unpaired) electrons. The molecule has 0 bridgehead atoms. The highest BCUT2D eigenvalue weighted by molar-refractivity contribution is 5.89. The number of ether oxygens (including phenoxy) is 1. The zero-order valence-corrected chi connectivity index (χ0v) is 10.5. The van der Waals surface area contributed by atoms with E-state index in [0.717, 1.165) is 12.1 Å². The molecule has 0 unspecified atom stereocenters. The number of hydrogen-bond acceptors (Lipinski definition) is 3. The lowest BCUT2D eigenvalue weighted by molar-refractivity contribution is 0.0601. The van der Waals surface area contributed by atoms with E-state index in [0.29, 0.717) is 11.5 Å². The molecule has 1 aromatic rings. The maximum absolute atomic E-state index is 10.9. The Labute approximate surface area is 97.6 Å². The van der Waals surface area contributed by atoms with Crippen molar-refractivity contribution in [3.63, 3.8) is 0 Å². The first-order chi connectivity index (χ1) is 7.51. The van der Waals surface area contributed by atoms with Gasteiger partial charge in [-0.25, -0.2) is 4.79 Å². The molecule has 0 heterocycles. The summed E-state index contributed by atoms with van der Waals surface area (Å²) in [6.07, 6.45) is 0. The van der Waals surface area contributed by atoms with Crippen LogP contribution in [0.25, 0.3) is 0 Å². The zero-order valence-electron chi connectivity index (χ0n) is 10.5. The van der Waals surface area contributed by atoms with E-state index in [1.54, 1.807) is 12.1 Å². The summed E-state index contributed by atoms with van der Waals surface area (Å²) in [6, 6.07) is 7.26. The summed E-state index contributed by atoms with van der Waals surface area (Å²) in [5.74, 6) is 0.375. The predicted octanol–water partition coefficient (Wildman–Crippen LogP) is 2.38. The average Bonchev–Trinajstić information content (AvgIpc) is 2.29. The van der Waals surface area contributed by atoms with Gasteiger partial charge in [0.05, 0.1) is 12.7 Å². The van der Waals surface area contributed by atoms with E-state index in [-0.39, 0.29) is 5.97 Å². The second-order valence-electron chi connectivity index (χ2n) is 3.99. The van der Waals surface area contributed by atoms with Gasteiger partial charge in [0, 0.05) is 0 Å². The van der Waals surface area contributed by atoms with Crippen LogP contribution < -0.4 is 5.73 Å². The number of methoxy groups -OCH3 is 1. The van der Waals surface area contributed by atoms with Crippen LogP contribution in [0, 0.1) is 12.8 Å². The fourth-order valence-corrected chi connectivity index (χ4v) is 0.807.